The van der Waals surface area contributed by atoms with Gasteiger partial charge in [0.1, 0.15) is 0 Å². The fourth-order valence-corrected chi connectivity index (χ4v) is 1.13. The lowest BCUT2D eigenvalue weighted by molar-refractivity contribution is -0.112. The number of esters is 1. The molecule has 0 heterocycles. The highest BCUT2D eigenvalue weighted by molar-refractivity contribution is 5.89. The number of ketones is 1. The first-order valence-electron chi connectivity index (χ1n) is 5.09. The Balaban J connectivity index is 2.29. The predicted molar refractivity (Wildman–Crippen MR) is 61.2 cm³/mol. The quantitative estimate of drug-likeness (QED) is 0.433. The Hall–Kier alpha value is -1.90. The molecular formula is C13H14O3. The molecule has 0 spiro atoms. The first kappa shape index (κ1) is 12.2. The van der Waals surface area contributed by atoms with Crippen molar-refractivity contribution in [3.05, 3.63) is 48.0 Å². The van der Waals surface area contributed by atoms with Crippen LogP contribution < -0.4 is 0 Å². The van der Waals surface area contributed by atoms with Gasteiger partial charge in [0.2, 0.25) is 0 Å². The van der Waals surface area contributed by atoms with Gasteiger partial charge >= 0.3 is 5.97 Å². The number of hydrogen-bond donors (Lipinski definition) is 0. The van der Waals surface area contributed by atoms with Crippen LogP contribution in [0.4, 0.5) is 0 Å². The van der Waals surface area contributed by atoms with Gasteiger partial charge in [0, 0.05) is 0 Å². The highest BCUT2D eigenvalue weighted by Gasteiger charge is 2.03. The van der Waals surface area contributed by atoms with E-state index in [-0.39, 0.29) is 18.4 Å². The zero-order chi connectivity index (χ0) is 11.8. The van der Waals surface area contributed by atoms with E-state index in [0.29, 0.717) is 12.0 Å². The summed E-state index contributed by atoms with van der Waals surface area (Å²) in [6.07, 6.45) is 3.72. The largest absolute Gasteiger partial charge is 0.462 e. The maximum atomic E-state index is 11.4. The molecule has 0 atom stereocenters. The molecule has 0 saturated carbocycles. The van der Waals surface area contributed by atoms with Crippen LogP contribution in [0.15, 0.2) is 42.5 Å². The second-order valence-corrected chi connectivity index (χ2v) is 3.30. The lowest BCUT2D eigenvalue weighted by Crippen LogP contribution is -2.05. The lowest BCUT2D eigenvalue weighted by atomic mass is 10.2. The maximum absolute atomic E-state index is 11.4. The molecular weight excluding hydrogens is 204 g/mol. The van der Waals surface area contributed by atoms with Crippen LogP contribution in [0, 0.1) is 0 Å². The molecule has 0 saturated heterocycles. The normalized spacial score (nSPS) is 10.3. The van der Waals surface area contributed by atoms with Crippen LogP contribution in [0.5, 0.6) is 0 Å². The Morgan fingerprint density at radius 3 is 2.56 bits per heavy atom. The Morgan fingerprint density at radius 2 is 1.94 bits per heavy atom. The van der Waals surface area contributed by atoms with E-state index in [2.05, 4.69) is 0 Å². The SMILES string of the molecule is CC(=O)/C=C/CCOC(=O)c1ccccc1. The average Bonchev–Trinajstić information content (AvgIpc) is 2.29. The van der Waals surface area contributed by atoms with E-state index in [9.17, 15) is 9.59 Å². The van der Waals surface area contributed by atoms with Gasteiger partial charge in [0.25, 0.3) is 0 Å². The molecule has 0 bridgehead atoms. The summed E-state index contributed by atoms with van der Waals surface area (Å²) in [4.78, 5) is 22.0. The van der Waals surface area contributed by atoms with Gasteiger partial charge in [-0.2, -0.15) is 0 Å². The Morgan fingerprint density at radius 1 is 1.25 bits per heavy atom. The second kappa shape index (κ2) is 6.56. The van der Waals surface area contributed by atoms with Crippen LogP contribution in [-0.2, 0) is 9.53 Å². The van der Waals surface area contributed by atoms with Crippen molar-refractivity contribution in [3.8, 4) is 0 Å². The molecule has 1 rings (SSSR count). The summed E-state index contributed by atoms with van der Waals surface area (Å²) in [6, 6.07) is 8.81. The third-order valence-corrected chi connectivity index (χ3v) is 1.88. The van der Waals surface area contributed by atoms with Crippen molar-refractivity contribution in [2.75, 3.05) is 6.61 Å². The van der Waals surface area contributed by atoms with Crippen molar-refractivity contribution in [3.63, 3.8) is 0 Å². The van der Waals surface area contributed by atoms with Gasteiger partial charge in [-0.25, -0.2) is 4.79 Å². The standard InChI is InChI=1S/C13H14O3/c1-11(14)7-5-6-10-16-13(15)12-8-3-2-4-9-12/h2-5,7-9H,6,10H2,1H3/b7-5+. The number of rotatable bonds is 5. The van der Waals surface area contributed by atoms with Gasteiger partial charge in [-0.3, -0.25) is 4.79 Å². The highest BCUT2D eigenvalue weighted by Crippen LogP contribution is 2.01. The molecule has 0 fully saturated rings. The number of ether oxygens (including phenoxy) is 1. The molecule has 0 aromatic heterocycles. The zero-order valence-corrected chi connectivity index (χ0v) is 9.18. The topological polar surface area (TPSA) is 43.4 Å². The number of benzene rings is 1. The summed E-state index contributed by atoms with van der Waals surface area (Å²) in [5.74, 6) is -0.341. The van der Waals surface area contributed by atoms with Crippen molar-refractivity contribution in [1.29, 1.82) is 0 Å². The van der Waals surface area contributed by atoms with E-state index >= 15 is 0 Å². The second-order valence-electron chi connectivity index (χ2n) is 3.30. The number of hydrogen-bond acceptors (Lipinski definition) is 3. The molecule has 1 aromatic carbocycles. The van der Waals surface area contributed by atoms with Crippen LogP contribution in [0.1, 0.15) is 23.7 Å². The first-order valence-corrected chi connectivity index (χ1v) is 5.09. The minimum absolute atomic E-state index is 0.00520. The Kier molecular flexibility index (Phi) is 4.99. The predicted octanol–water partition coefficient (Wildman–Crippen LogP) is 2.38. The van der Waals surface area contributed by atoms with Gasteiger partial charge in [0.15, 0.2) is 5.78 Å². The molecule has 0 aliphatic rings. The van der Waals surface area contributed by atoms with Gasteiger partial charge in [0.05, 0.1) is 12.2 Å². The molecule has 0 aliphatic heterocycles. The van der Waals surface area contributed by atoms with Crippen molar-refractivity contribution in [2.24, 2.45) is 0 Å². The molecule has 16 heavy (non-hydrogen) atoms. The van der Waals surface area contributed by atoms with Gasteiger partial charge in [-0.1, -0.05) is 24.3 Å². The molecule has 84 valence electrons. The highest BCUT2D eigenvalue weighted by atomic mass is 16.5. The molecule has 3 heteroatoms. The van der Waals surface area contributed by atoms with Crippen LogP contribution in [-0.4, -0.2) is 18.4 Å². The van der Waals surface area contributed by atoms with E-state index in [4.69, 9.17) is 4.74 Å². The van der Waals surface area contributed by atoms with Gasteiger partial charge in [-0.15, -0.1) is 0 Å². The van der Waals surface area contributed by atoms with E-state index < -0.39 is 0 Å². The van der Waals surface area contributed by atoms with E-state index in [0.717, 1.165) is 0 Å². The number of allylic oxidation sites excluding steroid dienone is 1. The zero-order valence-electron chi connectivity index (χ0n) is 9.18. The molecule has 0 aliphatic carbocycles. The first-order chi connectivity index (χ1) is 7.70. The van der Waals surface area contributed by atoms with E-state index in [1.54, 1.807) is 30.3 Å². The molecule has 0 unspecified atom stereocenters. The van der Waals surface area contributed by atoms with Gasteiger partial charge < -0.3 is 4.74 Å². The number of carbonyl (C=O) groups is 2. The lowest BCUT2D eigenvalue weighted by Gasteiger charge is -2.02. The summed E-state index contributed by atoms with van der Waals surface area (Å²) in [5.41, 5.74) is 0.540. The molecule has 1 aromatic rings. The fraction of sp³-hybridized carbons (Fsp3) is 0.231. The Bertz CT molecular complexity index is 379. The maximum Gasteiger partial charge on any atom is 0.338 e. The van der Waals surface area contributed by atoms with Crippen LogP contribution in [0.25, 0.3) is 0 Å². The van der Waals surface area contributed by atoms with Gasteiger partial charge in [-0.05, 0) is 31.6 Å². The van der Waals surface area contributed by atoms with E-state index in [1.807, 2.05) is 6.07 Å². The van der Waals surface area contributed by atoms with Crippen LogP contribution >= 0.6 is 0 Å². The summed E-state index contributed by atoms with van der Waals surface area (Å²) in [6.45, 7) is 1.77. The molecule has 3 nitrogen and oxygen atoms in total. The van der Waals surface area contributed by atoms with Crippen molar-refractivity contribution in [1.82, 2.24) is 0 Å². The summed E-state index contributed by atoms with van der Waals surface area (Å²) >= 11 is 0. The van der Waals surface area contributed by atoms with Crippen molar-refractivity contribution >= 4 is 11.8 Å². The van der Waals surface area contributed by atoms with Crippen molar-refractivity contribution < 1.29 is 14.3 Å². The third-order valence-electron chi connectivity index (χ3n) is 1.88. The summed E-state index contributed by atoms with van der Waals surface area (Å²) < 4.78 is 5.01. The minimum atomic E-state index is -0.336. The summed E-state index contributed by atoms with van der Waals surface area (Å²) in [5, 5.41) is 0. The van der Waals surface area contributed by atoms with Crippen LogP contribution in [0.3, 0.4) is 0 Å². The van der Waals surface area contributed by atoms with E-state index in [1.165, 1.54) is 13.0 Å². The minimum Gasteiger partial charge on any atom is -0.462 e. The third kappa shape index (κ3) is 4.55. The smallest absolute Gasteiger partial charge is 0.338 e. The van der Waals surface area contributed by atoms with Crippen LogP contribution in [0.2, 0.25) is 0 Å². The number of carbonyl (C=O) groups excluding carboxylic acids is 2. The molecule has 0 amide bonds. The monoisotopic (exact) mass is 218 g/mol. The molecule has 0 N–H and O–H groups in total. The average molecular weight is 218 g/mol. The summed E-state index contributed by atoms with van der Waals surface area (Å²) in [7, 11) is 0. The fourth-order valence-electron chi connectivity index (χ4n) is 1.13. The van der Waals surface area contributed by atoms with Crippen molar-refractivity contribution in [2.45, 2.75) is 13.3 Å². The molecule has 0 radical (unpaired) electrons. The Labute approximate surface area is 94.7 Å².